The highest BCUT2D eigenvalue weighted by atomic mass is 32.1. The fourth-order valence-electron chi connectivity index (χ4n) is 1.70. The molecule has 0 bridgehead atoms. The second-order valence-electron chi connectivity index (χ2n) is 4.27. The second kappa shape index (κ2) is 6.36. The number of carbonyl (C=O) groups is 1. The molecule has 1 amide bonds. The molecule has 100 valence electrons. The highest BCUT2D eigenvalue weighted by Crippen LogP contribution is 2.11. The summed E-state index contributed by atoms with van der Waals surface area (Å²) in [5, 5.41) is 14.0. The van der Waals surface area contributed by atoms with Crippen molar-refractivity contribution in [2.45, 2.75) is 19.0 Å². The Morgan fingerprint density at radius 1 is 1.32 bits per heavy atom. The van der Waals surface area contributed by atoms with Gasteiger partial charge in [0.15, 0.2) is 0 Å². The smallest absolute Gasteiger partial charge is 0.237 e. The van der Waals surface area contributed by atoms with Gasteiger partial charge in [-0.3, -0.25) is 4.79 Å². The van der Waals surface area contributed by atoms with E-state index in [9.17, 15) is 9.90 Å². The van der Waals surface area contributed by atoms with E-state index in [1.807, 2.05) is 17.5 Å². The number of phenols is 1. The number of nitrogens with one attached hydrogen (secondary N) is 1. The van der Waals surface area contributed by atoms with Gasteiger partial charge in [0.2, 0.25) is 5.91 Å². The predicted molar refractivity (Wildman–Crippen MR) is 76.0 cm³/mol. The molecule has 0 fully saturated rings. The lowest BCUT2D eigenvalue weighted by Gasteiger charge is -2.11. The summed E-state index contributed by atoms with van der Waals surface area (Å²) in [6, 6.07) is 10.0. The summed E-state index contributed by atoms with van der Waals surface area (Å²) in [4.78, 5) is 12.9. The third-order valence-electron chi connectivity index (χ3n) is 2.75. The summed E-state index contributed by atoms with van der Waals surface area (Å²) in [6.45, 7) is 0.514. The van der Waals surface area contributed by atoms with Gasteiger partial charge in [-0.15, -0.1) is 11.3 Å². The molecule has 0 aliphatic heterocycles. The summed E-state index contributed by atoms with van der Waals surface area (Å²) in [7, 11) is 0. The molecule has 0 unspecified atom stereocenters. The van der Waals surface area contributed by atoms with E-state index in [0.717, 1.165) is 10.4 Å². The minimum Gasteiger partial charge on any atom is -0.508 e. The topological polar surface area (TPSA) is 75.3 Å². The first-order valence-electron chi connectivity index (χ1n) is 5.99. The van der Waals surface area contributed by atoms with Crippen molar-refractivity contribution in [1.29, 1.82) is 0 Å². The van der Waals surface area contributed by atoms with Gasteiger partial charge in [-0.25, -0.2) is 0 Å². The van der Waals surface area contributed by atoms with Gasteiger partial charge < -0.3 is 16.2 Å². The molecule has 0 aliphatic rings. The molecule has 1 heterocycles. The zero-order valence-corrected chi connectivity index (χ0v) is 11.2. The number of hydrogen-bond donors (Lipinski definition) is 3. The molecule has 1 atom stereocenters. The van der Waals surface area contributed by atoms with Gasteiger partial charge in [0, 0.05) is 4.88 Å². The molecule has 1 aromatic carbocycles. The number of thiophene rings is 1. The molecular weight excluding hydrogens is 260 g/mol. The molecule has 0 saturated heterocycles. The molecule has 4 nitrogen and oxygen atoms in total. The normalized spacial score (nSPS) is 12.1. The lowest BCUT2D eigenvalue weighted by Crippen LogP contribution is -2.41. The number of nitrogens with two attached hydrogens (primary N) is 1. The van der Waals surface area contributed by atoms with Crippen LogP contribution in [0.3, 0.4) is 0 Å². The number of amides is 1. The van der Waals surface area contributed by atoms with E-state index in [2.05, 4.69) is 5.32 Å². The molecule has 2 aromatic rings. The fraction of sp³-hybridized carbons (Fsp3) is 0.214. The van der Waals surface area contributed by atoms with Crippen LogP contribution in [0.1, 0.15) is 10.4 Å². The van der Waals surface area contributed by atoms with E-state index in [4.69, 9.17) is 5.73 Å². The first-order chi connectivity index (χ1) is 9.15. The monoisotopic (exact) mass is 276 g/mol. The molecule has 5 heteroatoms. The standard InChI is InChI=1S/C14H16N2O2S/c15-13(8-10-3-5-11(17)6-4-10)14(18)16-9-12-2-1-7-19-12/h1-7,13,17H,8-9,15H2,(H,16,18)/t13-/m1/s1. The van der Waals surface area contributed by atoms with Gasteiger partial charge in [0.05, 0.1) is 12.6 Å². The number of aromatic hydroxyl groups is 1. The van der Waals surface area contributed by atoms with E-state index in [-0.39, 0.29) is 11.7 Å². The van der Waals surface area contributed by atoms with Crippen LogP contribution in [0.2, 0.25) is 0 Å². The van der Waals surface area contributed by atoms with E-state index in [0.29, 0.717) is 13.0 Å². The predicted octanol–water partition coefficient (Wildman–Crippen LogP) is 1.64. The van der Waals surface area contributed by atoms with Crippen molar-refractivity contribution in [1.82, 2.24) is 5.32 Å². The Kier molecular flexibility index (Phi) is 4.54. The molecule has 1 aromatic heterocycles. The Hall–Kier alpha value is -1.85. The third kappa shape index (κ3) is 4.08. The Morgan fingerprint density at radius 3 is 2.68 bits per heavy atom. The molecule has 0 radical (unpaired) electrons. The number of carbonyl (C=O) groups excluding carboxylic acids is 1. The van der Waals surface area contributed by atoms with Crippen LogP contribution in [-0.2, 0) is 17.8 Å². The van der Waals surface area contributed by atoms with Crippen LogP contribution >= 0.6 is 11.3 Å². The third-order valence-corrected chi connectivity index (χ3v) is 3.62. The van der Waals surface area contributed by atoms with Crippen molar-refractivity contribution >= 4 is 17.2 Å². The average Bonchev–Trinajstić information content (AvgIpc) is 2.91. The molecule has 0 aliphatic carbocycles. The average molecular weight is 276 g/mol. The number of rotatable bonds is 5. The van der Waals surface area contributed by atoms with Crippen molar-refractivity contribution in [3.05, 3.63) is 52.2 Å². The largest absolute Gasteiger partial charge is 0.508 e. The van der Waals surface area contributed by atoms with E-state index >= 15 is 0 Å². The highest BCUT2D eigenvalue weighted by molar-refractivity contribution is 7.09. The maximum atomic E-state index is 11.8. The van der Waals surface area contributed by atoms with Crippen molar-refractivity contribution < 1.29 is 9.90 Å². The maximum Gasteiger partial charge on any atom is 0.237 e. The number of phenolic OH excluding ortho intramolecular Hbond substituents is 1. The van der Waals surface area contributed by atoms with Crippen LogP contribution in [0.4, 0.5) is 0 Å². The van der Waals surface area contributed by atoms with Crippen molar-refractivity contribution in [3.8, 4) is 5.75 Å². The summed E-state index contributed by atoms with van der Waals surface area (Å²) in [5.41, 5.74) is 6.78. The van der Waals surface area contributed by atoms with Gasteiger partial charge in [-0.05, 0) is 35.6 Å². The molecule has 19 heavy (non-hydrogen) atoms. The van der Waals surface area contributed by atoms with Crippen LogP contribution in [0.15, 0.2) is 41.8 Å². The van der Waals surface area contributed by atoms with Gasteiger partial charge in [0.1, 0.15) is 5.75 Å². The molecule has 0 spiro atoms. The van der Waals surface area contributed by atoms with Crippen molar-refractivity contribution in [2.24, 2.45) is 5.73 Å². The molecular formula is C14H16N2O2S. The molecule has 4 N–H and O–H groups in total. The van der Waals surface area contributed by atoms with Crippen LogP contribution in [0.25, 0.3) is 0 Å². The van der Waals surface area contributed by atoms with Gasteiger partial charge >= 0.3 is 0 Å². The van der Waals surface area contributed by atoms with Crippen molar-refractivity contribution in [2.75, 3.05) is 0 Å². The quantitative estimate of drug-likeness (QED) is 0.777. The summed E-state index contributed by atoms with van der Waals surface area (Å²) in [5.74, 6) is 0.0425. The van der Waals surface area contributed by atoms with E-state index < -0.39 is 6.04 Å². The zero-order chi connectivity index (χ0) is 13.7. The fourth-order valence-corrected chi connectivity index (χ4v) is 2.34. The second-order valence-corrected chi connectivity index (χ2v) is 5.31. The molecule has 0 saturated carbocycles. The Bertz CT molecular complexity index is 523. The van der Waals surface area contributed by atoms with Crippen molar-refractivity contribution in [3.63, 3.8) is 0 Å². The van der Waals surface area contributed by atoms with Crippen LogP contribution in [0.5, 0.6) is 5.75 Å². The first-order valence-corrected chi connectivity index (χ1v) is 6.86. The van der Waals surface area contributed by atoms with Gasteiger partial charge in [-0.1, -0.05) is 18.2 Å². The van der Waals surface area contributed by atoms with Crippen LogP contribution in [-0.4, -0.2) is 17.1 Å². The number of benzene rings is 1. The Morgan fingerprint density at radius 2 is 2.05 bits per heavy atom. The SMILES string of the molecule is N[C@H](Cc1ccc(O)cc1)C(=O)NCc1cccs1. The zero-order valence-electron chi connectivity index (χ0n) is 10.4. The van der Waals surface area contributed by atoms with Crippen LogP contribution < -0.4 is 11.1 Å². The van der Waals surface area contributed by atoms with Gasteiger partial charge in [0.25, 0.3) is 0 Å². The lowest BCUT2D eigenvalue weighted by atomic mass is 10.1. The van der Waals surface area contributed by atoms with Crippen LogP contribution in [0, 0.1) is 0 Å². The highest BCUT2D eigenvalue weighted by Gasteiger charge is 2.13. The summed E-state index contributed by atoms with van der Waals surface area (Å²) >= 11 is 1.60. The Labute approximate surface area is 115 Å². The minimum atomic E-state index is -0.579. The maximum absolute atomic E-state index is 11.8. The Balaban J connectivity index is 1.83. The number of hydrogen-bond acceptors (Lipinski definition) is 4. The van der Waals surface area contributed by atoms with Gasteiger partial charge in [-0.2, -0.15) is 0 Å². The summed E-state index contributed by atoms with van der Waals surface area (Å²) in [6.07, 6.45) is 0.455. The minimum absolute atomic E-state index is 0.165. The summed E-state index contributed by atoms with van der Waals surface area (Å²) < 4.78 is 0. The lowest BCUT2D eigenvalue weighted by molar-refractivity contribution is -0.122. The first kappa shape index (κ1) is 13.6. The van der Waals surface area contributed by atoms with E-state index in [1.54, 1.807) is 35.6 Å². The molecule has 2 rings (SSSR count). The van der Waals surface area contributed by atoms with E-state index in [1.165, 1.54) is 0 Å².